The summed E-state index contributed by atoms with van der Waals surface area (Å²) >= 11 is 8.37. The minimum absolute atomic E-state index is 0.189. The summed E-state index contributed by atoms with van der Waals surface area (Å²) in [6, 6.07) is 17.7. The third kappa shape index (κ3) is 8.58. The molecule has 0 saturated carbocycles. The third-order valence-corrected chi connectivity index (χ3v) is 9.84. The molecule has 3 aromatic carbocycles. The highest BCUT2D eigenvalue weighted by molar-refractivity contribution is 7.98. The fourth-order valence-electron chi connectivity index (χ4n) is 5.81. The predicted octanol–water partition coefficient (Wildman–Crippen LogP) is 6.24. The molecule has 0 spiro atoms. The first-order chi connectivity index (χ1) is 24.3. The number of hydrogen-bond acceptors (Lipinski definition) is 9. The molecule has 0 radical (unpaired) electrons. The molecule has 260 valence electrons. The van der Waals surface area contributed by atoms with Gasteiger partial charge in [0.25, 0.3) is 5.91 Å². The molecule has 1 aliphatic heterocycles. The van der Waals surface area contributed by atoms with Crippen LogP contribution in [0.25, 0.3) is 22.6 Å². The number of halogens is 3. The molecule has 1 saturated heterocycles. The number of hydrogen-bond donors (Lipinski definition) is 3. The second kappa shape index (κ2) is 16.4. The first-order valence-electron chi connectivity index (χ1n) is 16.2. The lowest BCUT2D eigenvalue weighted by atomic mass is 9.99. The Morgan fingerprint density at radius 3 is 2.66 bits per heavy atom. The van der Waals surface area contributed by atoms with E-state index >= 15 is 0 Å². The van der Waals surface area contributed by atoms with Crippen LogP contribution in [0.5, 0.6) is 0 Å². The minimum Gasteiger partial charge on any atom is -0.467 e. The highest BCUT2D eigenvalue weighted by Gasteiger charge is 2.25. The number of fused-ring (bicyclic) bond motifs is 1. The van der Waals surface area contributed by atoms with Gasteiger partial charge in [-0.3, -0.25) is 4.79 Å². The highest BCUT2D eigenvalue weighted by atomic mass is 35.5. The highest BCUT2D eigenvalue weighted by Crippen LogP contribution is 2.32. The first-order valence-corrected chi connectivity index (χ1v) is 17.7. The van der Waals surface area contributed by atoms with Crippen LogP contribution in [0, 0.1) is 17.6 Å². The van der Waals surface area contributed by atoms with Gasteiger partial charge in [0, 0.05) is 35.7 Å². The normalized spacial score (nSPS) is 15.1. The third-order valence-electron chi connectivity index (χ3n) is 8.42. The number of ether oxygens (including phenoxy) is 1. The van der Waals surface area contributed by atoms with Gasteiger partial charge < -0.3 is 25.3 Å². The number of carbonyl (C=O) groups excluding carboxylic acids is 2. The Morgan fingerprint density at radius 1 is 1.08 bits per heavy atom. The lowest BCUT2D eigenvalue weighted by molar-refractivity contribution is -0.142. The van der Waals surface area contributed by atoms with E-state index in [2.05, 4.69) is 20.9 Å². The molecule has 1 aliphatic rings. The Kier molecular flexibility index (Phi) is 11.6. The van der Waals surface area contributed by atoms with Crippen molar-refractivity contribution >= 4 is 52.4 Å². The molecule has 0 aliphatic carbocycles. The molecular weight excluding hydrogens is 684 g/mol. The van der Waals surface area contributed by atoms with Crippen molar-refractivity contribution in [2.24, 2.45) is 5.92 Å². The quantitative estimate of drug-likeness (QED) is 0.121. The van der Waals surface area contributed by atoms with Gasteiger partial charge in [0.05, 0.1) is 18.3 Å². The number of esters is 1. The number of imidazole rings is 1. The van der Waals surface area contributed by atoms with Crippen LogP contribution in [-0.2, 0) is 28.4 Å². The minimum atomic E-state index is -0.925. The van der Waals surface area contributed by atoms with Crippen LogP contribution >= 0.6 is 23.4 Å². The molecule has 1 amide bonds. The summed E-state index contributed by atoms with van der Waals surface area (Å²) in [5, 5.41) is 9.64. The predicted molar refractivity (Wildman–Crippen MR) is 191 cm³/mol. The average Bonchev–Trinajstić information content (AvgIpc) is 3.48. The van der Waals surface area contributed by atoms with Gasteiger partial charge >= 0.3 is 5.97 Å². The largest absolute Gasteiger partial charge is 0.467 e. The maximum Gasteiger partial charge on any atom is 0.329 e. The number of benzene rings is 3. The summed E-state index contributed by atoms with van der Waals surface area (Å²) in [5.74, 6) is -0.636. The van der Waals surface area contributed by atoms with Gasteiger partial charge in [-0.1, -0.05) is 48.0 Å². The van der Waals surface area contributed by atoms with E-state index in [0.717, 1.165) is 43.6 Å². The Hall–Kier alpha value is -4.59. The van der Waals surface area contributed by atoms with E-state index in [1.165, 1.54) is 24.9 Å². The summed E-state index contributed by atoms with van der Waals surface area (Å²) in [4.78, 5) is 39.9. The van der Waals surface area contributed by atoms with Crippen molar-refractivity contribution in [3.05, 3.63) is 106 Å². The standard InChI is InChI=1S/C36H36ClF2N7O3S/c1-49-35(48)31(21-50-20-22-6-3-2-4-7-22)44-34(47)25-10-11-26(27(37)15-25)32-43-30-18-42-36(41-17-23-9-12-28(38)29(39)14-23)45-33(30)46(32)19-24-8-5-13-40-16-24/h2-4,6-7,9-12,14-15,18,24,31,40H,5,8,13,16-17,19-21H2,1H3,(H,44,47)(H,41,42,45)/t24-,31+/m1/s1. The van der Waals surface area contributed by atoms with Gasteiger partial charge in [-0.05, 0) is 73.3 Å². The molecule has 1 fully saturated rings. The van der Waals surface area contributed by atoms with Crippen LogP contribution in [0.2, 0.25) is 5.02 Å². The molecule has 5 aromatic rings. The Morgan fingerprint density at radius 2 is 1.92 bits per heavy atom. The fourth-order valence-corrected chi connectivity index (χ4v) is 7.08. The molecule has 3 N–H and O–H groups in total. The van der Waals surface area contributed by atoms with Crippen LogP contribution in [0.4, 0.5) is 14.7 Å². The lowest BCUT2D eigenvalue weighted by Crippen LogP contribution is -2.43. The topological polar surface area (TPSA) is 123 Å². The molecule has 6 rings (SSSR count). The van der Waals surface area contributed by atoms with E-state index in [4.69, 9.17) is 26.3 Å². The van der Waals surface area contributed by atoms with Gasteiger partial charge in [-0.25, -0.2) is 23.5 Å². The van der Waals surface area contributed by atoms with E-state index in [9.17, 15) is 18.4 Å². The molecule has 0 unspecified atom stereocenters. The molecule has 10 nitrogen and oxygen atoms in total. The van der Waals surface area contributed by atoms with E-state index < -0.39 is 29.6 Å². The van der Waals surface area contributed by atoms with E-state index in [-0.39, 0.29) is 12.1 Å². The van der Waals surface area contributed by atoms with Gasteiger partial charge in [-0.2, -0.15) is 16.7 Å². The van der Waals surface area contributed by atoms with Crippen molar-refractivity contribution in [2.45, 2.75) is 37.7 Å². The number of anilines is 1. The maximum absolute atomic E-state index is 13.8. The lowest BCUT2D eigenvalue weighted by Gasteiger charge is -2.24. The SMILES string of the molecule is COC(=O)[C@H](CSCc1ccccc1)NC(=O)c1ccc(-c2nc3cnc(NCc4ccc(F)c(F)c4)nc3n2C[C@@H]2CCCNC2)c(Cl)c1. The summed E-state index contributed by atoms with van der Waals surface area (Å²) in [5.41, 5.74) is 3.66. The smallest absolute Gasteiger partial charge is 0.329 e. The molecule has 0 bridgehead atoms. The van der Waals surface area contributed by atoms with Crippen molar-refractivity contribution in [1.29, 1.82) is 0 Å². The number of carbonyl (C=O) groups is 2. The van der Waals surface area contributed by atoms with Gasteiger partial charge in [0.15, 0.2) is 17.3 Å². The van der Waals surface area contributed by atoms with Gasteiger partial charge in [0.2, 0.25) is 5.95 Å². The van der Waals surface area contributed by atoms with Crippen LogP contribution in [0.15, 0.2) is 72.9 Å². The number of aromatic nitrogens is 4. The molecule has 14 heteroatoms. The Bertz CT molecular complexity index is 1970. The van der Waals surface area contributed by atoms with E-state index in [1.54, 1.807) is 24.4 Å². The summed E-state index contributed by atoms with van der Waals surface area (Å²) in [6.07, 6.45) is 3.67. The molecule has 2 aromatic heterocycles. The van der Waals surface area contributed by atoms with E-state index in [0.29, 0.717) is 63.1 Å². The average molecular weight is 720 g/mol. The number of amides is 1. The molecule has 2 atom stereocenters. The molecular formula is C36H36ClF2N7O3S. The number of methoxy groups -OCH3 is 1. The zero-order valence-electron chi connectivity index (χ0n) is 27.3. The van der Waals surface area contributed by atoms with Crippen molar-refractivity contribution in [2.75, 3.05) is 31.3 Å². The zero-order valence-corrected chi connectivity index (χ0v) is 28.9. The molecule has 50 heavy (non-hydrogen) atoms. The number of thioether (sulfide) groups is 1. The Balaban J connectivity index is 1.23. The maximum atomic E-state index is 13.8. The number of nitrogens with zero attached hydrogens (tertiary/aromatic N) is 4. The summed E-state index contributed by atoms with van der Waals surface area (Å²) < 4.78 is 34.1. The van der Waals surface area contributed by atoms with Crippen LogP contribution in [-0.4, -0.2) is 63.4 Å². The summed E-state index contributed by atoms with van der Waals surface area (Å²) in [7, 11) is 1.29. The summed E-state index contributed by atoms with van der Waals surface area (Å²) in [6.45, 7) is 2.60. The van der Waals surface area contributed by atoms with Gasteiger partial charge in [-0.15, -0.1) is 0 Å². The van der Waals surface area contributed by atoms with Crippen molar-refractivity contribution in [1.82, 2.24) is 30.2 Å². The number of piperidine rings is 1. The van der Waals surface area contributed by atoms with Crippen molar-refractivity contribution < 1.29 is 23.1 Å². The second-order valence-electron chi connectivity index (χ2n) is 12.0. The second-order valence-corrected chi connectivity index (χ2v) is 13.4. The van der Waals surface area contributed by atoms with Gasteiger partial charge in [0.1, 0.15) is 17.4 Å². The van der Waals surface area contributed by atoms with Crippen LogP contribution in [0.3, 0.4) is 0 Å². The number of rotatable bonds is 13. The fraction of sp³-hybridized carbons (Fsp3) is 0.306. The first kappa shape index (κ1) is 35.2. The molecule has 3 heterocycles. The Labute approximate surface area is 297 Å². The van der Waals surface area contributed by atoms with Crippen LogP contribution in [0.1, 0.15) is 34.3 Å². The number of nitrogens with one attached hydrogen (secondary N) is 3. The zero-order chi connectivity index (χ0) is 35.0. The van der Waals surface area contributed by atoms with Crippen LogP contribution < -0.4 is 16.0 Å². The monoisotopic (exact) mass is 719 g/mol. The van der Waals surface area contributed by atoms with E-state index in [1.807, 2.05) is 34.9 Å². The van der Waals surface area contributed by atoms with Crippen molar-refractivity contribution in [3.8, 4) is 11.4 Å². The van der Waals surface area contributed by atoms with Crippen molar-refractivity contribution in [3.63, 3.8) is 0 Å².